The summed E-state index contributed by atoms with van der Waals surface area (Å²) < 4.78 is 21.2. The van der Waals surface area contributed by atoms with Crippen LogP contribution in [0.1, 0.15) is 18.4 Å². The van der Waals surface area contributed by atoms with Crippen LogP contribution in [0.2, 0.25) is 0 Å². The molecule has 0 unspecified atom stereocenters. The molecule has 1 amide bonds. The molecule has 0 radical (unpaired) electrons. The highest BCUT2D eigenvalue weighted by Gasteiger charge is 2.29. The van der Waals surface area contributed by atoms with Crippen molar-refractivity contribution >= 4 is 11.6 Å². The van der Waals surface area contributed by atoms with E-state index in [9.17, 15) is 9.18 Å². The summed E-state index contributed by atoms with van der Waals surface area (Å²) in [5, 5.41) is 6.75. The molecule has 3 rings (SSSR count). The van der Waals surface area contributed by atoms with Crippen LogP contribution in [0.15, 0.2) is 30.6 Å². The Morgan fingerprint density at radius 3 is 2.96 bits per heavy atom. The van der Waals surface area contributed by atoms with Crippen LogP contribution in [0.5, 0.6) is 0 Å². The summed E-state index contributed by atoms with van der Waals surface area (Å²) in [5.41, 5.74) is 7.19. The van der Waals surface area contributed by atoms with Crippen molar-refractivity contribution in [2.45, 2.75) is 32.0 Å². The van der Waals surface area contributed by atoms with Crippen LogP contribution < -0.4 is 11.1 Å². The minimum absolute atomic E-state index is 0.0760. The topological polar surface area (TPSA) is 82.2 Å². The van der Waals surface area contributed by atoms with Crippen molar-refractivity contribution in [3.63, 3.8) is 0 Å². The van der Waals surface area contributed by atoms with E-state index in [2.05, 4.69) is 10.4 Å². The molecule has 2 atom stereocenters. The van der Waals surface area contributed by atoms with Crippen LogP contribution >= 0.6 is 0 Å². The molecule has 1 saturated heterocycles. The molecule has 2 aromatic rings. The highest BCUT2D eigenvalue weighted by Crippen LogP contribution is 2.22. The Balaban J connectivity index is 1.70. The van der Waals surface area contributed by atoms with Gasteiger partial charge in [0, 0.05) is 18.4 Å². The van der Waals surface area contributed by atoms with Crippen molar-refractivity contribution in [3.05, 3.63) is 42.0 Å². The van der Waals surface area contributed by atoms with Gasteiger partial charge in [-0.15, -0.1) is 0 Å². The number of hydrogen-bond donors (Lipinski definition) is 2. The fourth-order valence-corrected chi connectivity index (χ4v) is 2.61. The third kappa shape index (κ3) is 3.40. The van der Waals surface area contributed by atoms with Gasteiger partial charge in [0.1, 0.15) is 11.8 Å². The van der Waals surface area contributed by atoms with Gasteiger partial charge in [0.2, 0.25) is 0 Å². The first-order valence-electron chi connectivity index (χ1n) is 7.54. The van der Waals surface area contributed by atoms with Crippen LogP contribution in [0.3, 0.4) is 0 Å². The van der Waals surface area contributed by atoms with Gasteiger partial charge in [0.25, 0.3) is 5.91 Å². The van der Waals surface area contributed by atoms with E-state index < -0.39 is 11.9 Å². The van der Waals surface area contributed by atoms with E-state index in [4.69, 9.17) is 10.5 Å². The second kappa shape index (κ2) is 6.47. The summed E-state index contributed by atoms with van der Waals surface area (Å²) >= 11 is 0. The van der Waals surface area contributed by atoms with Gasteiger partial charge in [-0.25, -0.2) is 9.07 Å². The molecule has 0 aliphatic carbocycles. The Hall–Kier alpha value is -2.25. The first-order chi connectivity index (χ1) is 11.1. The van der Waals surface area contributed by atoms with Gasteiger partial charge < -0.3 is 15.8 Å². The van der Waals surface area contributed by atoms with Gasteiger partial charge in [-0.05, 0) is 43.5 Å². The van der Waals surface area contributed by atoms with Gasteiger partial charge in [-0.1, -0.05) is 0 Å². The van der Waals surface area contributed by atoms with Gasteiger partial charge >= 0.3 is 0 Å². The van der Waals surface area contributed by atoms with Gasteiger partial charge in [0.05, 0.1) is 12.3 Å². The first-order valence-corrected chi connectivity index (χ1v) is 7.54. The van der Waals surface area contributed by atoms with Crippen LogP contribution in [-0.2, 0) is 9.53 Å². The molecular formula is C16H19FN4O2. The zero-order valence-corrected chi connectivity index (χ0v) is 12.8. The normalized spacial score (nSPS) is 20.7. The van der Waals surface area contributed by atoms with Crippen molar-refractivity contribution in [3.8, 4) is 5.69 Å². The van der Waals surface area contributed by atoms with Gasteiger partial charge in [-0.2, -0.15) is 5.10 Å². The van der Waals surface area contributed by atoms with Gasteiger partial charge in [-0.3, -0.25) is 4.79 Å². The van der Waals surface area contributed by atoms with Crippen molar-refractivity contribution in [1.82, 2.24) is 9.78 Å². The van der Waals surface area contributed by atoms with E-state index >= 15 is 0 Å². The Kier molecular flexibility index (Phi) is 4.40. The highest BCUT2D eigenvalue weighted by molar-refractivity contribution is 5.94. The van der Waals surface area contributed by atoms with Crippen LogP contribution in [0.25, 0.3) is 5.69 Å². The Morgan fingerprint density at radius 1 is 1.52 bits per heavy atom. The molecule has 1 fully saturated rings. The Labute approximate surface area is 133 Å². The maximum atomic E-state index is 14.2. The Morgan fingerprint density at radius 2 is 2.35 bits per heavy atom. The number of amides is 1. The van der Waals surface area contributed by atoms with E-state index in [0.29, 0.717) is 24.3 Å². The molecule has 23 heavy (non-hydrogen) atoms. The quantitative estimate of drug-likeness (QED) is 0.900. The summed E-state index contributed by atoms with van der Waals surface area (Å²) in [5.74, 6) is -0.735. The number of anilines is 1. The molecule has 2 heterocycles. The predicted octanol–water partition coefficient (Wildman–Crippen LogP) is 1.76. The first kappa shape index (κ1) is 15.6. The number of ether oxygens (including phenoxy) is 1. The van der Waals surface area contributed by atoms with E-state index in [1.807, 2.05) is 6.92 Å². The maximum absolute atomic E-state index is 14.2. The number of hydrogen-bond acceptors (Lipinski definition) is 4. The van der Waals surface area contributed by atoms with Gasteiger partial charge in [0.15, 0.2) is 5.82 Å². The van der Waals surface area contributed by atoms with Crippen molar-refractivity contribution < 1.29 is 13.9 Å². The number of carbonyl (C=O) groups excluding carboxylic acids is 1. The number of nitrogens with two attached hydrogens (primary N) is 1. The molecule has 1 aromatic carbocycles. The number of benzene rings is 1. The molecule has 1 aliphatic heterocycles. The third-order valence-electron chi connectivity index (χ3n) is 3.84. The fourth-order valence-electron chi connectivity index (χ4n) is 2.61. The van der Waals surface area contributed by atoms with E-state index in [-0.39, 0.29) is 12.0 Å². The largest absolute Gasteiger partial charge is 0.364 e. The van der Waals surface area contributed by atoms with Crippen molar-refractivity contribution in [1.29, 1.82) is 0 Å². The summed E-state index contributed by atoms with van der Waals surface area (Å²) in [6, 6.07) is 4.50. The lowest BCUT2D eigenvalue weighted by Gasteiger charge is -2.13. The SMILES string of the molecule is Cc1cnn(-c2ccc(NC(=O)[C@@H]3CC[C@H](CN)O3)cc2F)c1. The molecule has 0 bridgehead atoms. The molecule has 6 nitrogen and oxygen atoms in total. The van der Waals surface area contributed by atoms with Crippen molar-refractivity contribution in [2.24, 2.45) is 5.73 Å². The molecule has 0 spiro atoms. The lowest BCUT2D eigenvalue weighted by molar-refractivity contribution is -0.126. The van der Waals surface area contributed by atoms with E-state index in [1.165, 1.54) is 10.7 Å². The Bertz CT molecular complexity index is 716. The lowest BCUT2D eigenvalue weighted by Crippen LogP contribution is -2.29. The summed E-state index contributed by atoms with van der Waals surface area (Å²) in [6.07, 6.45) is 4.17. The van der Waals surface area contributed by atoms with Crippen LogP contribution in [0.4, 0.5) is 10.1 Å². The number of carbonyl (C=O) groups is 1. The molecule has 1 aromatic heterocycles. The summed E-state index contributed by atoms with van der Waals surface area (Å²) in [4.78, 5) is 12.1. The monoisotopic (exact) mass is 318 g/mol. The third-order valence-corrected chi connectivity index (χ3v) is 3.84. The molecular weight excluding hydrogens is 299 g/mol. The molecule has 0 saturated carbocycles. The number of rotatable bonds is 4. The average Bonchev–Trinajstić information content (AvgIpc) is 3.16. The zero-order chi connectivity index (χ0) is 16.4. The molecule has 122 valence electrons. The number of aromatic nitrogens is 2. The number of aryl methyl sites for hydroxylation is 1. The molecule has 3 N–H and O–H groups in total. The summed E-state index contributed by atoms with van der Waals surface area (Å²) in [6.45, 7) is 2.28. The zero-order valence-electron chi connectivity index (χ0n) is 12.8. The summed E-state index contributed by atoms with van der Waals surface area (Å²) in [7, 11) is 0. The van der Waals surface area contributed by atoms with E-state index in [0.717, 1.165) is 12.0 Å². The number of nitrogens with zero attached hydrogens (tertiary/aromatic N) is 2. The number of nitrogens with one attached hydrogen (secondary N) is 1. The number of halogens is 1. The molecule has 7 heteroatoms. The standard InChI is InChI=1S/C16H19FN4O2/c1-10-8-19-21(9-10)14-4-2-11(6-13(14)17)20-16(22)15-5-3-12(7-18)23-15/h2,4,6,8-9,12,15H,3,5,7,18H2,1H3,(H,20,22)/t12-,15+/m1/s1. The van der Waals surface area contributed by atoms with Crippen molar-refractivity contribution in [2.75, 3.05) is 11.9 Å². The minimum atomic E-state index is -0.528. The van der Waals surface area contributed by atoms with E-state index in [1.54, 1.807) is 24.5 Å². The average molecular weight is 318 g/mol. The van der Waals surface area contributed by atoms with Crippen LogP contribution in [0, 0.1) is 12.7 Å². The second-order valence-electron chi connectivity index (χ2n) is 5.68. The fraction of sp³-hybridized carbons (Fsp3) is 0.375. The molecule has 1 aliphatic rings. The highest BCUT2D eigenvalue weighted by atomic mass is 19.1. The lowest BCUT2D eigenvalue weighted by atomic mass is 10.2. The maximum Gasteiger partial charge on any atom is 0.253 e. The van der Waals surface area contributed by atoms with Crippen LogP contribution in [-0.4, -0.2) is 34.4 Å². The predicted molar refractivity (Wildman–Crippen MR) is 83.8 cm³/mol. The minimum Gasteiger partial charge on any atom is -0.364 e. The smallest absolute Gasteiger partial charge is 0.253 e. The second-order valence-corrected chi connectivity index (χ2v) is 5.68.